The molecule has 1 aromatic carbocycles. The van der Waals surface area contributed by atoms with Gasteiger partial charge in [-0.3, -0.25) is 4.79 Å². The highest BCUT2D eigenvalue weighted by Crippen LogP contribution is 2.13. The molecule has 0 saturated carbocycles. The zero-order valence-electron chi connectivity index (χ0n) is 13.0. The van der Waals surface area contributed by atoms with Crippen LogP contribution in [0.5, 0.6) is 0 Å². The highest BCUT2D eigenvalue weighted by molar-refractivity contribution is 5.93. The second-order valence-corrected chi connectivity index (χ2v) is 5.39. The van der Waals surface area contributed by atoms with Crippen LogP contribution in [0.3, 0.4) is 0 Å². The third-order valence-electron chi connectivity index (χ3n) is 3.47. The average molecular weight is 283 g/mol. The van der Waals surface area contributed by atoms with Crippen LogP contribution in [0.2, 0.25) is 0 Å². The van der Waals surface area contributed by atoms with Crippen molar-refractivity contribution in [1.29, 1.82) is 0 Å². The van der Waals surface area contributed by atoms with Gasteiger partial charge in [0.15, 0.2) is 0 Å². The van der Waals surface area contributed by atoms with Crippen LogP contribution < -0.4 is 4.90 Å². The van der Waals surface area contributed by atoms with Crippen molar-refractivity contribution in [3.8, 4) is 0 Å². The number of aromatic nitrogens is 1. The summed E-state index contributed by atoms with van der Waals surface area (Å²) in [6.45, 7) is 2.65. The van der Waals surface area contributed by atoms with E-state index in [0.717, 1.165) is 11.4 Å². The molecule has 2 rings (SSSR count). The quantitative estimate of drug-likeness (QED) is 0.865. The van der Waals surface area contributed by atoms with Gasteiger partial charge in [0.2, 0.25) is 0 Å². The number of carbonyl (C=O) groups is 1. The minimum Gasteiger partial charge on any atom is -0.363 e. The van der Waals surface area contributed by atoms with E-state index >= 15 is 0 Å². The molecule has 0 saturated heterocycles. The van der Waals surface area contributed by atoms with E-state index in [1.807, 2.05) is 56.4 Å². The highest BCUT2D eigenvalue weighted by Gasteiger charge is 2.13. The molecule has 0 atom stereocenters. The van der Waals surface area contributed by atoms with Crippen LogP contribution >= 0.6 is 0 Å². The molecule has 0 spiro atoms. The first-order valence-corrected chi connectivity index (χ1v) is 6.92. The molecule has 0 fully saturated rings. The number of rotatable bonds is 4. The van der Waals surface area contributed by atoms with Gasteiger partial charge in [-0.2, -0.15) is 0 Å². The molecular weight excluding hydrogens is 262 g/mol. The minimum absolute atomic E-state index is 0.0175. The van der Waals surface area contributed by atoms with Crippen LogP contribution in [0.1, 0.15) is 21.5 Å². The van der Waals surface area contributed by atoms with Gasteiger partial charge in [0.25, 0.3) is 5.91 Å². The van der Waals surface area contributed by atoms with Crippen molar-refractivity contribution in [2.75, 3.05) is 26.0 Å². The Balaban J connectivity index is 2.10. The fourth-order valence-electron chi connectivity index (χ4n) is 2.11. The summed E-state index contributed by atoms with van der Waals surface area (Å²) in [6, 6.07) is 11.8. The van der Waals surface area contributed by atoms with Crippen molar-refractivity contribution < 1.29 is 4.79 Å². The Bertz CT molecular complexity index is 620. The molecule has 4 nitrogen and oxygen atoms in total. The molecule has 0 aliphatic rings. The lowest BCUT2D eigenvalue weighted by Crippen LogP contribution is -2.26. The standard InChI is InChI=1S/C17H21N3O/c1-13-7-5-6-8-15(13)12-20(4)17(21)14-9-10-16(18-11-14)19(2)3/h5-11H,12H2,1-4H3. The van der Waals surface area contributed by atoms with E-state index < -0.39 is 0 Å². The minimum atomic E-state index is -0.0175. The Hall–Kier alpha value is -2.36. The number of carbonyl (C=O) groups excluding carboxylic acids is 1. The first-order valence-electron chi connectivity index (χ1n) is 6.92. The van der Waals surface area contributed by atoms with Gasteiger partial charge < -0.3 is 9.80 Å². The van der Waals surface area contributed by atoms with E-state index in [2.05, 4.69) is 18.0 Å². The van der Waals surface area contributed by atoms with Gasteiger partial charge in [-0.1, -0.05) is 24.3 Å². The normalized spacial score (nSPS) is 10.3. The molecule has 0 radical (unpaired) electrons. The molecule has 0 aliphatic heterocycles. The van der Waals surface area contributed by atoms with Gasteiger partial charge in [-0.25, -0.2) is 4.98 Å². The molecule has 4 heteroatoms. The average Bonchev–Trinajstić information content (AvgIpc) is 2.49. The maximum Gasteiger partial charge on any atom is 0.255 e. The summed E-state index contributed by atoms with van der Waals surface area (Å²) in [5.41, 5.74) is 2.96. The Morgan fingerprint density at radius 3 is 2.38 bits per heavy atom. The number of hydrogen-bond donors (Lipinski definition) is 0. The summed E-state index contributed by atoms with van der Waals surface area (Å²) in [4.78, 5) is 20.3. The molecule has 21 heavy (non-hydrogen) atoms. The zero-order valence-corrected chi connectivity index (χ0v) is 13.0. The molecular formula is C17H21N3O. The van der Waals surface area contributed by atoms with Gasteiger partial charge >= 0.3 is 0 Å². The van der Waals surface area contributed by atoms with Gasteiger partial charge in [-0.05, 0) is 30.2 Å². The summed E-state index contributed by atoms with van der Waals surface area (Å²) < 4.78 is 0. The number of aryl methyl sites for hydroxylation is 1. The van der Waals surface area contributed by atoms with Crippen molar-refractivity contribution >= 4 is 11.7 Å². The number of anilines is 1. The molecule has 0 N–H and O–H groups in total. The molecule has 110 valence electrons. The first kappa shape index (κ1) is 15.0. The van der Waals surface area contributed by atoms with Gasteiger partial charge in [-0.15, -0.1) is 0 Å². The number of benzene rings is 1. The maximum absolute atomic E-state index is 12.4. The summed E-state index contributed by atoms with van der Waals surface area (Å²) in [7, 11) is 5.66. The summed E-state index contributed by atoms with van der Waals surface area (Å²) in [6.07, 6.45) is 1.63. The Labute approximate surface area is 126 Å². The summed E-state index contributed by atoms with van der Waals surface area (Å²) in [5, 5.41) is 0. The predicted octanol–water partition coefficient (Wildman–Crippen LogP) is 2.73. The van der Waals surface area contributed by atoms with Crippen LogP contribution in [0, 0.1) is 6.92 Å². The van der Waals surface area contributed by atoms with Crippen molar-refractivity contribution in [2.24, 2.45) is 0 Å². The first-order chi connectivity index (χ1) is 9.99. The molecule has 0 unspecified atom stereocenters. The lowest BCUT2D eigenvalue weighted by Gasteiger charge is -2.19. The molecule has 0 bridgehead atoms. The molecule has 1 heterocycles. The van der Waals surface area contributed by atoms with E-state index in [9.17, 15) is 4.79 Å². The molecule has 2 aromatic rings. The van der Waals surface area contributed by atoms with E-state index in [4.69, 9.17) is 0 Å². The molecule has 1 aromatic heterocycles. The van der Waals surface area contributed by atoms with E-state index in [1.54, 1.807) is 11.1 Å². The maximum atomic E-state index is 12.4. The fraction of sp³-hybridized carbons (Fsp3) is 0.294. The van der Waals surface area contributed by atoms with Crippen molar-refractivity contribution in [3.63, 3.8) is 0 Å². The fourth-order valence-corrected chi connectivity index (χ4v) is 2.11. The van der Waals surface area contributed by atoms with Crippen LogP contribution in [-0.2, 0) is 6.54 Å². The Morgan fingerprint density at radius 2 is 1.81 bits per heavy atom. The van der Waals surface area contributed by atoms with Crippen molar-refractivity contribution in [3.05, 3.63) is 59.3 Å². The lowest BCUT2D eigenvalue weighted by atomic mass is 10.1. The topological polar surface area (TPSA) is 36.4 Å². The van der Waals surface area contributed by atoms with E-state index in [1.165, 1.54) is 5.56 Å². The van der Waals surface area contributed by atoms with Gasteiger partial charge in [0, 0.05) is 33.9 Å². The van der Waals surface area contributed by atoms with Crippen LogP contribution in [0.25, 0.3) is 0 Å². The third-order valence-corrected chi connectivity index (χ3v) is 3.47. The molecule has 0 aliphatic carbocycles. The van der Waals surface area contributed by atoms with Crippen molar-refractivity contribution in [1.82, 2.24) is 9.88 Å². The van der Waals surface area contributed by atoms with Gasteiger partial charge in [0.1, 0.15) is 5.82 Å². The van der Waals surface area contributed by atoms with Gasteiger partial charge in [0.05, 0.1) is 5.56 Å². The number of amides is 1. The largest absolute Gasteiger partial charge is 0.363 e. The number of hydrogen-bond acceptors (Lipinski definition) is 3. The SMILES string of the molecule is Cc1ccccc1CN(C)C(=O)c1ccc(N(C)C)nc1. The van der Waals surface area contributed by atoms with Crippen LogP contribution in [0.4, 0.5) is 5.82 Å². The van der Waals surface area contributed by atoms with E-state index in [-0.39, 0.29) is 5.91 Å². The number of nitrogens with zero attached hydrogens (tertiary/aromatic N) is 3. The van der Waals surface area contributed by atoms with E-state index in [0.29, 0.717) is 12.1 Å². The highest BCUT2D eigenvalue weighted by atomic mass is 16.2. The van der Waals surface area contributed by atoms with Crippen molar-refractivity contribution in [2.45, 2.75) is 13.5 Å². The zero-order chi connectivity index (χ0) is 15.4. The summed E-state index contributed by atoms with van der Waals surface area (Å²) >= 11 is 0. The second kappa shape index (κ2) is 6.39. The number of pyridine rings is 1. The smallest absolute Gasteiger partial charge is 0.255 e. The Morgan fingerprint density at radius 1 is 1.10 bits per heavy atom. The lowest BCUT2D eigenvalue weighted by molar-refractivity contribution is 0.0784. The molecule has 1 amide bonds. The summed E-state index contributed by atoms with van der Waals surface area (Å²) in [5.74, 6) is 0.823. The van der Waals surface area contributed by atoms with Crippen LogP contribution in [-0.4, -0.2) is 36.9 Å². The Kier molecular flexibility index (Phi) is 4.58. The monoisotopic (exact) mass is 283 g/mol. The predicted molar refractivity (Wildman–Crippen MR) is 85.5 cm³/mol. The third kappa shape index (κ3) is 3.60. The van der Waals surface area contributed by atoms with Crippen LogP contribution in [0.15, 0.2) is 42.6 Å². The second-order valence-electron chi connectivity index (χ2n) is 5.39.